The van der Waals surface area contributed by atoms with E-state index >= 15 is 0 Å². The summed E-state index contributed by atoms with van der Waals surface area (Å²) in [6, 6.07) is 11.0. The first-order valence-corrected chi connectivity index (χ1v) is 7.86. The van der Waals surface area contributed by atoms with E-state index in [1.807, 2.05) is 41.8 Å². The molecule has 1 heterocycles. The zero-order chi connectivity index (χ0) is 15.1. The molecule has 112 valence electrons. The maximum atomic E-state index is 11.6. The van der Waals surface area contributed by atoms with Gasteiger partial charge in [-0.1, -0.05) is 25.1 Å². The lowest BCUT2D eigenvalue weighted by Gasteiger charge is -2.16. The van der Waals surface area contributed by atoms with Crippen molar-refractivity contribution in [3.63, 3.8) is 0 Å². The van der Waals surface area contributed by atoms with Crippen LogP contribution in [0.1, 0.15) is 29.8 Å². The molecule has 0 bridgehead atoms. The molecule has 3 N–H and O–H groups in total. The van der Waals surface area contributed by atoms with Crippen LogP contribution in [0.25, 0.3) is 0 Å². The van der Waals surface area contributed by atoms with Gasteiger partial charge in [-0.3, -0.25) is 10.1 Å². The summed E-state index contributed by atoms with van der Waals surface area (Å²) in [7, 11) is 0. The lowest BCUT2D eigenvalue weighted by molar-refractivity contribution is -0.120. The molecule has 0 aliphatic carbocycles. The third kappa shape index (κ3) is 4.58. The Morgan fingerprint density at radius 3 is 2.67 bits per heavy atom. The van der Waals surface area contributed by atoms with E-state index in [0.29, 0.717) is 13.2 Å². The number of primary amides is 1. The summed E-state index contributed by atoms with van der Waals surface area (Å²) in [5.41, 5.74) is 6.35. The maximum Gasteiger partial charge on any atom is 0.239 e. The number of nitrogens with two attached hydrogens (primary N) is 1. The molecule has 1 aromatic carbocycles. The smallest absolute Gasteiger partial charge is 0.239 e. The molecule has 0 aliphatic heterocycles. The van der Waals surface area contributed by atoms with Gasteiger partial charge in [0.15, 0.2) is 0 Å². The molecule has 2 aromatic rings. The van der Waals surface area contributed by atoms with Crippen LogP contribution >= 0.6 is 11.3 Å². The first-order valence-electron chi connectivity index (χ1n) is 6.98. The highest BCUT2D eigenvalue weighted by atomic mass is 32.1. The van der Waals surface area contributed by atoms with E-state index in [9.17, 15) is 4.79 Å². The second-order valence-electron chi connectivity index (χ2n) is 4.71. The number of amides is 1. The number of carbonyl (C=O) groups excluding carboxylic acids is 1. The van der Waals surface area contributed by atoms with Crippen LogP contribution in [-0.2, 0) is 11.3 Å². The van der Waals surface area contributed by atoms with Crippen molar-refractivity contribution >= 4 is 17.2 Å². The van der Waals surface area contributed by atoms with E-state index < -0.39 is 6.04 Å². The molecule has 2 rings (SSSR count). The van der Waals surface area contributed by atoms with E-state index in [2.05, 4.69) is 12.2 Å². The van der Waals surface area contributed by atoms with Gasteiger partial charge in [0.2, 0.25) is 5.91 Å². The van der Waals surface area contributed by atoms with Gasteiger partial charge in [-0.25, -0.2) is 0 Å². The molecule has 5 heteroatoms. The predicted molar refractivity (Wildman–Crippen MR) is 85.3 cm³/mol. The standard InChI is InChI=1S/C16H20N2O2S/c1-2-9-20-13-7-5-12(6-8-13)15(16(17)19)18-11-14-4-3-10-21-14/h3-8,10,15,18H,2,9,11H2,1H3,(H2,17,19). The van der Waals surface area contributed by atoms with Gasteiger partial charge in [-0.05, 0) is 35.6 Å². The minimum Gasteiger partial charge on any atom is -0.494 e. The van der Waals surface area contributed by atoms with Crippen molar-refractivity contribution in [2.24, 2.45) is 5.73 Å². The molecule has 4 nitrogen and oxygen atoms in total. The Balaban J connectivity index is 2.01. The normalized spacial score (nSPS) is 12.0. The fraction of sp³-hybridized carbons (Fsp3) is 0.312. The molecule has 1 aromatic heterocycles. The van der Waals surface area contributed by atoms with Crippen LogP contribution in [0, 0.1) is 0 Å². The van der Waals surface area contributed by atoms with Crippen molar-refractivity contribution in [3.05, 3.63) is 52.2 Å². The van der Waals surface area contributed by atoms with Crippen LogP contribution < -0.4 is 15.8 Å². The van der Waals surface area contributed by atoms with Gasteiger partial charge in [0.25, 0.3) is 0 Å². The van der Waals surface area contributed by atoms with Crippen molar-refractivity contribution in [1.82, 2.24) is 5.32 Å². The summed E-state index contributed by atoms with van der Waals surface area (Å²) in [6.07, 6.45) is 0.966. The minimum atomic E-state index is -0.493. The highest BCUT2D eigenvalue weighted by Crippen LogP contribution is 2.19. The molecule has 0 saturated heterocycles. The van der Waals surface area contributed by atoms with Gasteiger partial charge in [-0.2, -0.15) is 0 Å². The second kappa shape index (κ2) is 7.81. The van der Waals surface area contributed by atoms with Crippen molar-refractivity contribution in [1.29, 1.82) is 0 Å². The molecule has 0 aliphatic rings. The largest absolute Gasteiger partial charge is 0.494 e. The predicted octanol–water partition coefficient (Wildman–Crippen LogP) is 2.85. The number of hydrogen-bond acceptors (Lipinski definition) is 4. The Hall–Kier alpha value is -1.85. The van der Waals surface area contributed by atoms with Crippen molar-refractivity contribution in [2.75, 3.05) is 6.61 Å². The zero-order valence-corrected chi connectivity index (χ0v) is 12.9. The minimum absolute atomic E-state index is 0.381. The summed E-state index contributed by atoms with van der Waals surface area (Å²) in [5.74, 6) is 0.427. The number of benzene rings is 1. The Labute approximate surface area is 128 Å². The highest BCUT2D eigenvalue weighted by Gasteiger charge is 2.17. The molecule has 0 radical (unpaired) electrons. The number of ether oxygens (including phenoxy) is 1. The summed E-state index contributed by atoms with van der Waals surface area (Å²) in [4.78, 5) is 12.8. The number of hydrogen-bond donors (Lipinski definition) is 2. The van der Waals surface area contributed by atoms with Gasteiger partial charge in [0.1, 0.15) is 11.8 Å². The lowest BCUT2D eigenvalue weighted by Crippen LogP contribution is -2.33. The van der Waals surface area contributed by atoms with Crippen LogP contribution in [-0.4, -0.2) is 12.5 Å². The molecule has 1 atom stereocenters. The topological polar surface area (TPSA) is 64.3 Å². The summed E-state index contributed by atoms with van der Waals surface area (Å²) in [5, 5.41) is 5.21. The number of nitrogens with one attached hydrogen (secondary N) is 1. The van der Waals surface area contributed by atoms with E-state index in [4.69, 9.17) is 10.5 Å². The molecule has 0 saturated carbocycles. The quantitative estimate of drug-likeness (QED) is 0.788. The van der Waals surface area contributed by atoms with Crippen molar-refractivity contribution in [2.45, 2.75) is 25.9 Å². The molecule has 21 heavy (non-hydrogen) atoms. The van der Waals surface area contributed by atoms with Gasteiger partial charge in [0.05, 0.1) is 6.61 Å². The first kappa shape index (κ1) is 15.5. The second-order valence-corrected chi connectivity index (χ2v) is 5.75. The average molecular weight is 304 g/mol. The molecule has 0 spiro atoms. The molecular weight excluding hydrogens is 284 g/mol. The van der Waals surface area contributed by atoms with Gasteiger partial charge >= 0.3 is 0 Å². The molecule has 1 amide bonds. The Morgan fingerprint density at radius 2 is 2.10 bits per heavy atom. The van der Waals surface area contributed by atoms with Crippen LogP contribution in [0.5, 0.6) is 5.75 Å². The number of rotatable bonds is 8. The third-order valence-electron chi connectivity index (χ3n) is 3.03. The Bertz CT molecular complexity index is 552. The third-order valence-corrected chi connectivity index (χ3v) is 3.91. The zero-order valence-electron chi connectivity index (χ0n) is 12.0. The SMILES string of the molecule is CCCOc1ccc(C(NCc2cccs2)C(N)=O)cc1. The van der Waals surface area contributed by atoms with E-state index in [0.717, 1.165) is 17.7 Å². The summed E-state index contributed by atoms with van der Waals surface area (Å²) >= 11 is 1.65. The number of thiophene rings is 1. The van der Waals surface area contributed by atoms with E-state index in [-0.39, 0.29) is 5.91 Å². The summed E-state index contributed by atoms with van der Waals surface area (Å²) < 4.78 is 5.53. The summed E-state index contributed by atoms with van der Waals surface area (Å²) in [6.45, 7) is 3.38. The van der Waals surface area contributed by atoms with Crippen LogP contribution in [0.2, 0.25) is 0 Å². The molecule has 1 unspecified atom stereocenters. The van der Waals surface area contributed by atoms with Crippen molar-refractivity contribution in [3.8, 4) is 5.75 Å². The number of carbonyl (C=O) groups is 1. The van der Waals surface area contributed by atoms with Gasteiger partial charge in [-0.15, -0.1) is 11.3 Å². The average Bonchev–Trinajstić information content (AvgIpc) is 2.99. The highest BCUT2D eigenvalue weighted by molar-refractivity contribution is 7.09. The van der Waals surface area contributed by atoms with Crippen LogP contribution in [0.4, 0.5) is 0 Å². The first-order chi connectivity index (χ1) is 10.2. The van der Waals surface area contributed by atoms with Gasteiger partial charge < -0.3 is 10.5 Å². The van der Waals surface area contributed by atoms with E-state index in [1.54, 1.807) is 11.3 Å². The lowest BCUT2D eigenvalue weighted by atomic mass is 10.1. The Kier molecular flexibility index (Phi) is 5.78. The fourth-order valence-corrected chi connectivity index (χ4v) is 2.63. The monoisotopic (exact) mass is 304 g/mol. The van der Waals surface area contributed by atoms with Gasteiger partial charge in [0, 0.05) is 11.4 Å². The van der Waals surface area contributed by atoms with Crippen LogP contribution in [0.3, 0.4) is 0 Å². The van der Waals surface area contributed by atoms with Crippen molar-refractivity contribution < 1.29 is 9.53 Å². The molecule has 0 fully saturated rings. The Morgan fingerprint density at radius 1 is 1.33 bits per heavy atom. The molecular formula is C16H20N2O2S. The maximum absolute atomic E-state index is 11.6. The van der Waals surface area contributed by atoms with E-state index in [1.165, 1.54) is 4.88 Å². The van der Waals surface area contributed by atoms with Crippen LogP contribution in [0.15, 0.2) is 41.8 Å². The fourth-order valence-electron chi connectivity index (χ4n) is 1.97.